The molecule has 0 aromatic heterocycles. The number of hydrogen-bond acceptors (Lipinski definition) is 3. The second-order valence-corrected chi connectivity index (χ2v) is 6.89. The van der Waals surface area contributed by atoms with Crippen LogP contribution in [0, 0.1) is 11.8 Å². The molecule has 2 aliphatic heterocycles. The van der Waals surface area contributed by atoms with Gasteiger partial charge in [0, 0.05) is 25.2 Å². The molecule has 106 valence electrons. The lowest BCUT2D eigenvalue weighted by Crippen LogP contribution is -2.54. The maximum atomic E-state index is 6.25. The summed E-state index contributed by atoms with van der Waals surface area (Å²) in [5.41, 5.74) is 6.25. The quantitative estimate of drug-likeness (QED) is 0.829. The van der Waals surface area contributed by atoms with E-state index in [4.69, 9.17) is 5.73 Å². The van der Waals surface area contributed by atoms with Gasteiger partial charge in [-0.05, 0) is 57.7 Å². The monoisotopic (exact) mass is 253 g/mol. The van der Waals surface area contributed by atoms with Gasteiger partial charge in [-0.1, -0.05) is 13.8 Å². The highest BCUT2D eigenvalue weighted by atomic mass is 15.2. The van der Waals surface area contributed by atoms with E-state index in [-0.39, 0.29) is 0 Å². The van der Waals surface area contributed by atoms with Crippen molar-refractivity contribution in [3.05, 3.63) is 0 Å². The third kappa shape index (κ3) is 3.69. The van der Waals surface area contributed by atoms with E-state index in [2.05, 4.69) is 30.7 Å². The number of fused-ring (bicyclic) bond motifs is 1. The van der Waals surface area contributed by atoms with Crippen molar-refractivity contribution >= 4 is 0 Å². The second kappa shape index (κ2) is 6.36. The summed E-state index contributed by atoms with van der Waals surface area (Å²) in [7, 11) is 2.30. The van der Waals surface area contributed by atoms with Gasteiger partial charge in [-0.25, -0.2) is 0 Å². The highest BCUT2D eigenvalue weighted by molar-refractivity contribution is 4.90. The van der Waals surface area contributed by atoms with Gasteiger partial charge in [0.05, 0.1) is 0 Å². The van der Waals surface area contributed by atoms with E-state index in [0.717, 1.165) is 30.8 Å². The fourth-order valence-corrected chi connectivity index (χ4v) is 3.91. The molecule has 0 spiro atoms. The summed E-state index contributed by atoms with van der Waals surface area (Å²) in [6, 6.07) is 1.21. The van der Waals surface area contributed by atoms with Crippen LogP contribution >= 0.6 is 0 Å². The molecule has 0 aromatic rings. The topological polar surface area (TPSA) is 32.5 Å². The van der Waals surface area contributed by atoms with Crippen molar-refractivity contribution in [2.45, 2.75) is 51.6 Å². The van der Waals surface area contributed by atoms with E-state index in [9.17, 15) is 0 Å². The van der Waals surface area contributed by atoms with E-state index in [1.165, 1.54) is 38.9 Å². The zero-order valence-corrected chi connectivity index (χ0v) is 12.4. The molecule has 18 heavy (non-hydrogen) atoms. The Hall–Kier alpha value is -0.120. The summed E-state index contributed by atoms with van der Waals surface area (Å²) in [6.45, 7) is 9.46. The van der Waals surface area contributed by atoms with Crippen LogP contribution in [-0.4, -0.2) is 55.1 Å². The van der Waals surface area contributed by atoms with Gasteiger partial charge in [0.15, 0.2) is 0 Å². The zero-order chi connectivity index (χ0) is 13.1. The molecule has 2 N–H and O–H groups in total. The number of likely N-dealkylation sites (tertiary alicyclic amines) is 2. The number of hydrogen-bond donors (Lipinski definition) is 1. The number of rotatable bonds is 4. The van der Waals surface area contributed by atoms with E-state index >= 15 is 0 Å². The van der Waals surface area contributed by atoms with Gasteiger partial charge in [0.2, 0.25) is 0 Å². The lowest BCUT2D eigenvalue weighted by atomic mass is 9.84. The fourth-order valence-electron chi connectivity index (χ4n) is 3.91. The molecule has 2 rings (SSSR count). The molecule has 0 aromatic carbocycles. The zero-order valence-electron chi connectivity index (χ0n) is 12.4. The van der Waals surface area contributed by atoms with Crippen LogP contribution < -0.4 is 5.73 Å². The first kappa shape index (κ1) is 14.3. The SMILES string of the molecule is CC(C)CC(N)CN1CCC2C(CCCN2C)C1. The molecule has 3 unspecified atom stereocenters. The van der Waals surface area contributed by atoms with Crippen LogP contribution in [0.4, 0.5) is 0 Å². The highest BCUT2D eigenvalue weighted by Gasteiger charge is 2.34. The minimum absolute atomic E-state index is 0.364. The fraction of sp³-hybridized carbons (Fsp3) is 1.00. The second-order valence-electron chi connectivity index (χ2n) is 6.89. The van der Waals surface area contributed by atoms with Gasteiger partial charge in [0.25, 0.3) is 0 Å². The van der Waals surface area contributed by atoms with Gasteiger partial charge < -0.3 is 15.5 Å². The molecule has 3 heteroatoms. The van der Waals surface area contributed by atoms with Crippen molar-refractivity contribution in [1.82, 2.24) is 9.80 Å². The summed E-state index contributed by atoms with van der Waals surface area (Å²) in [4.78, 5) is 5.20. The van der Waals surface area contributed by atoms with Crippen LogP contribution in [0.25, 0.3) is 0 Å². The van der Waals surface area contributed by atoms with Crippen molar-refractivity contribution in [3.63, 3.8) is 0 Å². The van der Waals surface area contributed by atoms with Crippen LogP contribution in [0.5, 0.6) is 0 Å². The molecule has 0 aliphatic carbocycles. The van der Waals surface area contributed by atoms with Crippen LogP contribution in [0.2, 0.25) is 0 Å². The van der Waals surface area contributed by atoms with E-state index in [0.29, 0.717) is 6.04 Å². The smallest absolute Gasteiger partial charge is 0.0170 e. The molecule has 0 saturated carbocycles. The first-order valence-electron chi connectivity index (χ1n) is 7.74. The third-order valence-electron chi connectivity index (χ3n) is 4.70. The lowest BCUT2D eigenvalue weighted by Gasteiger charge is -2.46. The molecule has 2 heterocycles. The van der Waals surface area contributed by atoms with Gasteiger partial charge in [-0.3, -0.25) is 0 Å². The largest absolute Gasteiger partial charge is 0.327 e. The molecular formula is C15H31N3. The standard InChI is InChI=1S/C15H31N3/c1-12(2)9-14(16)11-18-8-6-15-13(10-18)5-4-7-17(15)3/h12-15H,4-11,16H2,1-3H3. The summed E-state index contributed by atoms with van der Waals surface area (Å²) >= 11 is 0. The predicted octanol–water partition coefficient (Wildman–Crippen LogP) is 1.78. The first-order chi connectivity index (χ1) is 8.56. The minimum atomic E-state index is 0.364. The Bertz CT molecular complexity index is 254. The first-order valence-corrected chi connectivity index (χ1v) is 7.74. The Balaban J connectivity index is 1.79. The number of nitrogens with two attached hydrogens (primary N) is 1. The average molecular weight is 253 g/mol. The maximum Gasteiger partial charge on any atom is 0.0170 e. The lowest BCUT2D eigenvalue weighted by molar-refractivity contribution is 0.0357. The van der Waals surface area contributed by atoms with Crippen LogP contribution in [-0.2, 0) is 0 Å². The summed E-state index contributed by atoms with van der Waals surface area (Å²) in [5.74, 6) is 1.61. The Morgan fingerprint density at radius 1 is 1.22 bits per heavy atom. The number of piperidine rings is 2. The van der Waals surface area contributed by atoms with Crippen molar-refractivity contribution in [2.75, 3.05) is 33.2 Å². The Morgan fingerprint density at radius 3 is 2.72 bits per heavy atom. The van der Waals surface area contributed by atoms with Gasteiger partial charge in [-0.15, -0.1) is 0 Å². The minimum Gasteiger partial charge on any atom is -0.327 e. The van der Waals surface area contributed by atoms with Crippen molar-refractivity contribution in [1.29, 1.82) is 0 Å². The third-order valence-corrected chi connectivity index (χ3v) is 4.70. The molecule has 2 fully saturated rings. The van der Waals surface area contributed by atoms with Crippen molar-refractivity contribution < 1.29 is 0 Å². The van der Waals surface area contributed by atoms with Crippen LogP contribution in [0.3, 0.4) is 0 Å². The molecular weight excluding hydrogens is 222 g/mol. The van der Waals surface area contributed by atoms with Gasteiger partial charge >= 0.3 is 0 Å². The Kier molecular flexibility index (Phi) is 5.05. The summed E-state index contributed by atoms with van der Waals surface area (Å²) in [6.07, 6.45) is 5.30. The summed E-state index contributed by atoms with van der Waals surface area (Å²) in [5, 5.41) is 0. The van der Waals surface area contributed by atoms with E-state index in [1.54, 1.807) is 0 Å². The molecule has 3 atom stereocenters. The van der Waals surface area contributed by atoms with Crippen molar-refractivity contribution in [3.8, 4) is 0 Å². The Morgan fingerprint density at radius 2 is 2.00 bits per heavy atom. The highest BCUT2D eigenvalue weighted by Crippen LogP contribution is 2.29. The van der Waals surface area contributed by atoms with E-state index in [1.807, 2.05) is 0 Å². The van der Waals surface area contributed by atoms with Crippen molar-refractivity contribution in [2.24, 2.45) is 17.6 Å². The van der Waals surface area contributed by atoms with Crippen LogP contribution in [0.15, 0.2) is 0 Å². The molecule has 2 saturated heterocycles. The molecule has 3 nitrogen and oxygen atoms in total. The molecule has 0 radical (unpaired) electrons. The van der Waals surface area contributed by atoms with Gasteiger partial charge in [-0.2, -0.15) is 0 Å². The van der Waals surface area contributed by atoms with E-state index < -0.39 is 0 Å². The number of nitrogens with zero attached hydrogens (tertiary/aromatic N) is 2. The van der Waals surface area contributed by atoms with Gasteiger partial charge in [0.1, 0.15) is 0 Å². The normalized spacial score (nSPS) is 32.5. The molecule has 2 aliphatic rings. The average Bonchev–Trinajstić information content (AvgIpc) is 2.27. The maximum absolute atomic E-state index is 6.25. The molecule has 0 bridgehead atoms. The Labute approximate surface area is 113 Å². The summed E-state index contributed by atoms with van der Waals surface area (Å²) < 4.78 is 0. The molecule has 0 amide bonds. The predicted molar refractivity (Wildman–Crippen MR) is 77.6 cm³/mol. The van der Waals surface area contributed by atoms with Crippen LogP contribution in [0.1, 0.15) is 39.5 Å².